The third-order valence-electron chi connectivity index (χ3n) is 4.58. The van der Waals surface area contributed by atoms with E-state index in [1.54, 1.807) is 12.0 Å². The van der Waals surface area contributed by atoms with Gasteiger partial charge in [-0.25, -0.2) is 8.42 Å². The van der Waals surface area contributed by atoms with Gasteiger partial charge in [0, 0.05) is 25.6 Å². The molecule has 1 aliphatic heterocycles. The zero-order chi connectivity index (χ0) is 18.3. The van der Waals surface area contributed by atoms with E-state index in [2.05, 4.69) is 5.32 Å². The molecule has 1 unspecified atom stereocenters. The summed E-state index contributed by atoms with van der Waals surface area (Å²) in [4.78, 5) is 14.1. The summed E-state index contributed by atoms with van der Waals surface area (Å²) in [6.07, 6.45) is 1.84. The summed E-state index contributed by atoms with van der Waals surface area (Å²) < 4.78 is 28.3. The molecule has 0 saturated carbocycles. The maximum Gasteiger partial charge on any atom is 0.224 e. The third kappa shape index (κ3) is 6.01. The molecule has 1 amide bonds. The topological polar surface area (TPSA) is 75.7 Å². The highest BCUT2D eigenvalue weighted by atomic mass is 32.2. The summed E-state index contributed by atoms with van der Waals surface area (Å²) >= 11 is 0. The number of rotatable bonds is 9. The van der Waals surface area contributed by atoms with Crippen LogP contribution in [0.5, 0.6) is 5.75 Å². The molecule has 0 aromatic heterocycles. The minimum Gasteiger partial charge on any atom is -0.497 e. The van der Waals surface area contributed by atoms with E-state index in [-0.39, 0.29) is 23.5 Å². The minimum absolute atomic E-state index is 0.0292. The molecular weight excluding hydrogens is 340 g/mol. The molecular formula is C18H28N2O4S. The van der Waals surface area contributed by atoms with Gasteiger partial charge in [-0.15, -0.1) is 0 Å². The highest BCUT2D eigenvalue weighted by Gasteiger charge is 2.33. The van der Waals surface area contributed by atoms with Gasteiger partial charge in [0.2, 0.25) is 5.91 Å². The highest BCUT2D eigenvalue weighted by Crippen LogP contribution is 2.18. The van der Waals surface area contributed by atoms with Gasteiger partial charge < -0.3 is 15.0 Å². The van der Waals surface area contributed by atoms with Crippen LogP contribution in [0.2, 0.25) is 0 Å². The Hall–Kier alpha value is -1.60. The van der Waals surface area contributed by atoms with Gasteiger partial charge in [0.25, 0.3) is 0 Å². The zero-order valence-corrected chi connectivity index (χ0v) is 15.8. The average Bonchev–Trinajstić information content (AvgIpc) is 2.95. The van der Waals surface area contributed by atoms with Gasteiger partial charge in [-0.1, -0.05) is 12.1 Å². The molecule has 2 rings (SSSR count). The first-order valence-electron chi connectivity index (χ1n) is 8.78. The maximum atomic E-state index is 12.4. The summed E-state index contributed by atoms with van der Waals surface area (Å²) in [6.45, 7) is 3.86. The molecule has 1 aromatic carbocycles. The Morgan fingerprint density at radius 1 is 1.28 bits per heavy atom. The number of benzene rings is 1. The van der Waals surface area contributed by atoms with Crippen LogP contribution >= 0.6 is 0 Å². The highest BCUT2D eigenvalue weighted by molar-refractivity contribution is 7.91. The molecule has 0 spiro atoms. The predicted octanol–water partition coefficient (Wildman–Crippen LogP) is 1.25. The molecule has 1 aliphatic rings. The van der Waals surface area contributed by atoms with Gasteiger partial charge in [-0.05, 0) is 44.0 Å². The lowest BCUT2D eigenvalue weighted by Gasteiger charge is -2.27. The molecule has 1 N–H and O–H groups in total. The number of ether oxygens (including phenoxy) is 1. The predicted molar refractivity (Wildman–Crippen MR) is 98.6 cm³/mol. The fourth-order valence-corrected chi connectivity index (χ4v) is 4.88. The third-order valence-corrected chi connectivity index (χ3v) is 6.33. The molecule has 0 aliphatic carbocycles. The van der Waals surface area contributed by atoms with E-state index in [0.717, 1.165) is 18.7 Å². The van der Waals surface area contributed by atoms with Crippen molar-refractivity contribution in [2.24, 2.45) is 0 Å². The lowest BCUT2D eigenvalue weighted by Crippen LogP contribution is -2.42. The number of sulfone groups is 1. The lowest BCUT2D eigenvalue weighted by molar-refractivity contribution is -0.132. The number of hydrogen-bond donors (Lipinski definition) is 1. The Morgan fingerprint density at radius 3 is 2.56 bits per heavy atom. The molecule has 1 heterocycles. The summed E-state index contributed by atoms with van der Waals surface area (Å²) in [5.74, 6) is 1.18. The van der Waals surface area contributed by atoms with Crippen molar-refractivity contribution in [2.45, 2.75) is 32.2 Å². The molecule has 140 valence electrons. The van der Waals surface area contributed by atoms with Gasteiger partial charge in [-0.3, -0.25) is 4.79 Å². The second kappa shape index (κ2) is 9.20. The largest absolute Gasteiger partial charge is 0.497 e. The Morgan fingerprint density at radius 2 is 2.00 bits per heavy atom. The second-order valence-corrected chi connectivity index (χ2v) is 8.56. The van der Waals surface area contributed by atoms with Gasteiger partial charge in [-0.2, -0.15) is 0 Å². The quantitative estimate of drug-likeness (QED) is 0.664. The van der Waals surface area contributed by atoms with Crippen LogP contribution < -0.4 is 10.1 Å². The normalized spacial score (nSPS) is 18.9. The Bertz CT molecular complexity index is 658. The van der Waals surface area contributed by atoms with E-state index in [1.165, 1.54) is 5.56 Å². The van der Waals surface area contributed by atoms with Crippen LogP contribution in [0.25, 0.3) is 0 Å². The minimum atomic E-state index is -2.97. The maximum absolute atomic E-state index is 12.4. The number of nitrogens with zero attached hydrogens (tertiary/aromatic N) is 1. The van der Waals surface area contributed by atoms with E-state index >= 15 is 0 Å². The van der Waals surface area contributed by atoms with Crippen LogP contribution in [0.3, 0.4) is 0 Å². The van der Waals surface area contributed by atoms with Gasteiger partial charge >= 0.3 is 0 Å². The van der Waals surface area contributed by atoms with Crippen molar-refractivity contribution in [3.05, 3.63) is 29.8 Å². The average molecular weight is 368 g/mol. The monoisotopic (exact) mass is 368 g/mol. The number of methoxy groups -OCH3 is 1. The summed E-state index contributed by atoms with van der Waals surface area (Å²) in [5.41, 5.74) is 1.21. The van der Waals surface area contributed by atoms with Crippen molar-refractivity contribution >= 4 is 15.7 Å². The fourth-order valence-electron chi connectivity index (χ4n) is 3.15. The summed E-state index contributed by atoms with van der Waals surface area (Å²) in [5, 5.41) is 3.28. The number of carbonyl (C=O) groups is 1. The first-order valence-corrected chi connectivity index (χ1v) is 10.6. The molecule has 25 heavy (non-hydrogen) atoms. The molecule has 1 fully saturated rings. The molecule has 0 radical (unpaired) electrons. The molecule has 1 saturated heterocycles. The standard InChI is InChI=1S/C18H28N2O4S/c1-3-20(16-10-13-25(22,23)14-16)18(21)9-12-19-11-8-15-4-6-17(24-2)7-5-15/h4-7,16,19H,3,8-14H2,1-2H3. The van der Waals surface area contributed by atoms with E-state index < -0.39 is 9.84 Å². The first kappa shape index (κ1) is 19.7. The Balaban J connectivity index is 1.68. The molecule has 1 aromatic rings. The van der Waals surface area contributed by atoms with Gasteiger partial charge in [0.1, 0.15) is 5.75 Å². The van der Waals surface area contributed by atoms with Crippen molar-refractivity contribution < 1.29 is 17.9 Å². The number of nitrogens with one attached hydrogen (secondary N) is 1. The lowest BCUT2D eigenvalue weighted by atomic mass is 10.1. The van der Waals surface area contributed by atoms with Crippen LogP contribution in [-0.2, 0) is 21.1 Å². The van der Waals surface area contributed by atoms with Crippen LogP contribution in [0.15, 0.2) is 24.3 Å². The summed E-state index contributed by atoms with van der Waals surface area (Å²) in [7, 11) is -1.32. The van der Waals surface area contributed by atoms with E-state index in [4.69, 9.17) is 4.74 Å². The van der Waals surface area contributed by atoms with Crippen molar-refractivity contribution in [2.75, 3.05) is 38.2 Å². The SMILES string of the molecule is CCN(C(=O)CCNCCc1ccc(OC)cc1)C1CCS(=O)(=O)C1. The second-order valence-electron chi connectivity index (χ2n) is 6.33. The van der Waals surface area contributed by atoms with Crippen LogP contribution in [-0.4, -0.2) is 63.5 Å². The van der Waals surface area contributed by atoms with E-state index in [9.17, 15) is 13.2 Å². The molecule has 6 nitrogen and oxygen atoms in total. The van der Waals surface area contributed by atoms with Gasteiger partial charge in [0.05, 0.1) is 18.6 Å². The first-order chi connectivity index (χ1) is 11.9. The van der Waals surface area contributed by atoms with Crippen LogP contribution in [0.4, 0.5) is 0 Å². The molecule has 0 bridgehead atoms. The van der Waals surface area contributed by atoms with Gasteiger partial charge in [0.15, 0.2) is 9.84 Å². The number of amides is 1. The number of hydrogen-bond acceptors (Lipinski definition) is 5. The van der Waals surface area contributed by atoms with E-state index in [1.807, 2.05) is 31.2 Å². The molecule has 1 atom stereocenters. The van der Waals surface area contributed by atoms with Crippen LogP contribution in [0.1, 0.15) is 25.3 Å². The summed E-state index contributed by atoms with van der Waals surface area (Å²) in [6, 6.07) is 7.79. The molecule has 7 heteroatoms. The van der Waals surface area contributed by atoms with Crippen LogP contribution in [0, 0.1) is 0 Å². The van der Waals surface area contributed by atoms with Crippen molar-refractivity contribution in [3.8, 4) is 5.75 Å². The van der Waals surface area contributed by atoms with Crippen molar-refractivity contribution in [1.29, 1.82) is 0 Å². The Labute approximate surface area is 150 Å². The number of carbonyl (C=O) groups excluding carboxylic acids is 1. The zero-order valence-electron chi connectivity index (χ0n) is 15.0. The fraction of sp³-hybridized carbons (Fsp3) is 0.611. The van der Waals surface area contributed by atoms with Crippen molar-refractivity contribution in [3.63, 3.8) is 0 Å². The Kier molecular flexibility index (Phi) is 7.25. The van der Waals surface area contributed by atoms with Crippen molar-refractivity contribution in [1.82, 2.24) is 10.2 Å². The smallest absolute Gasteiger partial charge is 0.224 e. The van der Waals surface area contributed by atoms with E-state index in [0.29, 0.717) is 25.9 Å².